The second kappa shape index (κ2) is 5.85. The van der Waals surface area contributed by atoms with Crippen molar-refractivity contribution in [2.75, 3.05) is 0 Å². The fraction of sp³-hybridized carbons (Fsp3) is 0. The van der Waals surface area contributed by atoms with Crippen LogP contribution in [-0.4, -0.2) is 5.78 Å². The first-order chi connectivity index (χ1) is 11.3. The van der Waals surface area contributed by atoms with Crippen molar-refractivity contribution in [3.63, 3.8) is 0 Å². The van der Waals surface area contributed by atoms with Gasteiger partial charge in [0.2, 0.25) is 0 Å². The van der Waals surface area contributed by atoms with Crippen LogP contribution in [0.2, 0.25) is 0 Å². The number of ketones is 1. The molecule has 109 valence electrons. The summed E-state index contributed by atoms with van der Waals surface area (Å²) in [5.74, 6) is 1.14. The predicted octanol–water partition coefficient (Wildman–Crippen LogP) is 4.93. The lowest BCUT2D eigenvalue weighted by Crippen LogP contribution is -2.06. The lowest BCUT2D eigenvalue weighted by atomic mass is 9.90. The molecule has 0 saturated carbocycles. The average molecular weight is 295 g/mol. The van der Waals surface area contributed by atoms with Gasteiger partial charge in [-0.25, -0.2) is 0 Å². The Bertz CT molecular complexity index is 803. The molecule has 0 aromatic heterocycles. The molecule has 3 aromatic carbocycles. The molecule has 0 aliphatic heterocycles. The van der Waals surface area contributed by atoms with Gasteiger partial charge in [0.15, 0.2) is 5.78 Å². The maximum Gasteiger partial charge on any atom is 0.167 e. The van der Waals surface area contributed by atoms with E-state index in [0.717, 1.165) is 5.92 Å². The summed E-state index contributed by atoms with van der Waals surface area (Å²) in [5, 5.41) is 0. The highest BCUT2D eigenvalue weighted by molar-refractivity contribution is 6.04. The van der Waals surface area contributed by atoms with E-state index in [0.29, 0.717) is 5.56 Å². The van der Waals surface area contributed by atoms with Crippen molar-refractivity contribution in [3.05, 3.63) is 114 Å². The fourth-order valence-electron chi connectivity index (χ4n) is 3.09. The zero-order chi connectivity index (χ0) is 15.6. The number of carbonyl (C=O) groups is 1. The van der Waals surface area contributed by atoms with Crippen molar-refractivity contribution in [2.45, 2.75) is 0 Å². The highest BCUT2D eigenvalue weighted by Gasteiger charge is 2.29. The number of hydrogen-bond acceptors (Lipinski definition) is 1. The van der Waals surface area contributed by atoms with Gasteiger partial charge in [-0.05, 0) is 28.7 Å². The van der Waals surface area contributed by atoms with E-state index in [1.165, 1.54) is 22.3 Å². The quantitative estimate of drug-likeness (QED) is 0.624. The molecule has 4 rings (SSSR count). The fourth-order valence-corrected chi connectivity index (χ4v) is 3.09. The van der Waals surface area contributed by atoms with Crippen molar-refractivity contribution < 1.29 is 4.79 Å². The summed E-state index contributed by atoms with van der Waals surface area (Å²) in [6.45, 7) is 0. The second-order valence-electron chi connectivity index (χ2n) is 5.57. The van der Waals surface area contributed by atoms with Crippen LogP contribution in [0.3, 0.4) is 0 Å². The van der Waals surface area contributed by atoms with Crippen LogP contribution in [0.25, 0.3) is 11.1 Å². The Hall–Kier alpha value is -2.67. The van der Waals surface area contributed by atoms with Crippen LogP contribution >= 0.6 is 0 Å². The summed E-state index contributed by atoms with van der Waals surface area (Å²) >= 11 is 0. The van der Waals surface area contributed by atoms with Gasteiger partial charge in [0.05, 0.1) is 0 Å². The zero-order valence-corrected chi connectivity index (χ0v) is 12.6. The Morgan fingerprint density at radius 3 is 1.65 bits per heavy atom. The molecule has 1 heteroatoms. The van der Waals surface area contributed by atoms with Gasteiger partial charge in [-0.2, -0.15) is 0 Å². The number of Topliss-reactive ketones (excluding diaryl/α,β-unsaturated/α-hetero) is 1. The van der Waals surface area contributed by atoms with E-state index in [2.05, 4.69) is 36.4 Å². The summed E-state index contributed by atoms with van der Waals surface area (Å²) in [5.41, 5.74) is 5.55. The minimum absolute atomic E-state index is 0.0277. The monoisotopic (exact) mass is 295 g/mol. The Labute approximate surface area is 136 Å². The summed E-state index contributed by atoms with van der Waals surface area (Å²) in [6, 6.07) is 26.0. The van der Waals surface area contributed by atoms with Gasteiger partial charge in [-0.15, -0.1) is 0 Å². The molecule has 0 saturated heterocycles. The Morgan fingerprint density at radius 1 is 0.609 bits per heavy atom. The first-order valence-corrected chi connectivity index (χ1v) is 7.68. The van der Waals surface area contributed by atoms with Gasteiger partial charge >= 0.3 is 0 Å². The number of benzene rings is 3. The van der Waals surface area contributed by atoms with Crippen molar-refractivity contribution in [3.8, 4) is 11.1 Å². The molecule has 3 aromatic rings. The normalized spacial score (nSPS) is 12.7. The van der Waals surface area contributed by atoms with E-state index in [4.69, 9.17) is 0 Å². The molecule has 0 atom stereocenters. The molecule has 1 aliphatic carbocycles. The molecule has 0 amide bonds. The van der Waals surface area contributed by atoms with Crippen LogP contribution in [0.1, 0.15) is 21.5 Å². The third-order valence-corrected chi connectivity index (χ3v) is 4.18. The smallest absolute Gasteiger partial charge is 0.167 e. The molecular weight excluding hydrogens is 280 g/mol. The van der Waals surface area contributed by atoms with Crippen molar-refractivity contribution >= 4 is 5.78 Å². The van der Waals surface area contributed by atoms with Crippen LogP contribution in [0.4, 0.5) is 0 Å². The van der Waals surface area contributed by atoms with Crippen LogP contribution in [-0.2, 0) is 0 Å². The molecule has 0 spiro atoms. The standard InChI is InChI=1S/C22H15O/c23-22(16-8-2-1-3-9-16)15-14-21-19-12-6-4-10-17(19)18-11-5-7-13-20(18)21/h1-15H. The van der Waals surface area contributed by atoms with Crippen LogP contribution in [0.5, 0.6) is 0 Å². The molecule has 23 heavy (non-hydrogen) atoms. The molecule has 0 N–H and O–H groups in total. The second-order valence-corrected chi connectivity index (χ2v) is 5.57. The largest absolute Gasteiger partial charge is 0.294 e. The van der Waals surface area contributed by atoms with Crippen molar-refractivity contribution in [2.24, 2.45) is 0 Å². The number of carbonyl (C=O) groups excluding carboxylic acids is 1. The van der Waals surface area contributed by atoms with Crippen LogP contribution in [0, 0.1) is 18.8 Å². The van der Waals surface area contributed by atoms with E-state index in [1.54, 1.807) is 6.42 Å². The summed E-state index contributed by atoms with van der Waals surface area (Å²) in [6.07, 6.45) is 3.61. The molecular formula is C22H15O. The molecule has 1 aliphatic rings. The van der Waals surface area contributed by atoms with E-state index < -0.39 is 0 Å². The maximum absolute atomic E-state index is 12.3. The van der Waals surface area contributed by atoms with Gasteiger partial charge in [0.25, 0.3) is 0 Å². The third-order valence-electron chi connectivity index (χ3n) is 4.18. The first-order valence-electron chi connectivity index (χ1n) is 7.68. The Balaban J connectivity index is 1.61. The highest BCUT2D eigenvalue weighted by atomic mass is 16.1. The average Bonchev–Trinajstić information content (AvgIpc) is 2.94. The minimum atomic E-state index is 0.0277. The highest BCUT2D eigenvalue weighted by Crippen LogP contribution is 2.45. The number of fused-ring (bicyclic) bond motifs is 3. The van der Waals surface area contributed by atoms with E-state index >= 15 is 0 Å². The predicted molar refractivity (Wildman–Crippen MR) is 92.7 cm³/mol. The minimum Gasteiger partial charge on any atom is -0.294 e. The van der Waals surface area contributed by atoms with Crippen LogP contribution < -0.4 is 0 Å². The van der Waals surface area contributed by atoms with Crippen molar-refractivity contribution in [1.82, 2.24) is 0 Å². The third kappa shape index (κ3) is 2.49. The Morgan fingerprint density at radius 2 is 1.09 bits per heavy atom. The lowest BCUT2D eigenvalue weighted by molar-refractivity contribution is 0.103. The molecule has 3 radical (unpaired) electrons. The molecule has 0 unspecified atom stereocenters. The van der Waals surface area contributed by atoms with Gasteiger partial charge in [0, 0.05) is 17.9 Å². The SMILES string of the molecule is O=C([CH][CH][C]1c2ccccc2-c2ccccc21)c1ccccc1. The number of rotatable bonds is 4. The summed E-state index contributed by atoms with van der Waals surface area (Å²) in [7, 11) is 0. The lowest BCUT2D eigenvalue weighted by Gasteiger charge is -2.11. The van der Waals surface area contributed by atoms with Gasteiger partial charge < -0.3 is 0 Å². The first kappa shape index (κ1) is 14.0. The van der Waals surface area contributed by atoms with E-state index in [9.17, 15) is 4.79 Å². The van der Waals surface area contributed by atoms with Crippen LogP contribution in [0.15, 0.2) is 78.9 Å². The molecule has 0 fully saturated rings. The van der Waals surface area contributed by atoms with Gasteiger partial charge in [0.1, 0.15) is 0 Å². The van der Waals surface area contributed by atoms with E-state index in [1.807, 2.05) is 48.9 Å². The van der Waals surface area contributed by atoms with E-state index in [-0.39, 0.29) is 5.78 Å². The molecule has 0 heterocycles. The zero-order valence-electron chi connectivity index (χ0n) is 12.6. The summed E-state index contributed by atoms with van der Waals surface area (Å²) in [4.78, 5) is 12.3. The maximum atomic E-state index is 12.3. The topological polar surface area (TPSA) is 17.1 Å². The molecule has 0 bridgehead atoms. The summed E-state index contributed by atoms with van der Waals surface area (Å²) < 4.78 is 0. The van der Waals surface area contributed by atoms with Crippen molar-refractivity contribution in [1.29, 1.82) is 0 Å². The number of hydrogen-bond donors (Lipinski definition) is 0. The molecule has 1 nitrogen and oxygen atoms in total. The van der Waals surface area contributed by atoms with Gasteiger partial charge in [-0.1, -0.05) is 78.9 Å². The van der Waals surface area contributed by atoms with Gasteiger partial charge in [-0.3, -0.25) is 4.79 Å². The Kier molecular flexibility index (Phi) is 3.55.